The zero-order valence-corrected chi connectivity index (χ0v) is 10.1. The average molecular weight is 255 g/mol. The van der Waals surface area contributed by atoms with Gasteiger partial charge in [0, 0.05) is 12.6 Å². The van der Waals surface area contributed by atoms with Crippen LogP contribution in [0.2, 0.25) is 0 Å². The number of quaternary nitrogens is 1. The Morgan fingerprint density at radius 2 is 2.18 bits per heavy atom. The third-order valence-corrected chi connectivity index (χ3v) is 3.05. The number of imide groups is 1. The van der Waals surface area contributed by atoms with E-state index in [1.165, 1.54) is 0 Å². The number of hydrogen-bond acceptors (Lipinski definition) is 2. The van der Waals surface area contributed by atoms with Crippen molar-refractivity contribution in [2.24, 2.45) is 0 Å². The van der Waals surface area contributed by atoms with Crippen LogP contribution in [0.4, 0.5) is 21.0 Å². The fraction of sp³-hybridized carbons (Fsp3) is 0.273. The summed E-state index contributed by atoms with van der Waals surface area (Å²) in [6.07, 6.45) is 0.784. The molecule has 90 valence electrons. The first-order chi connectivity index (χ1) is 8.10. The van der Waals surface area contributed by atoms with E-state index >= 15 is 0 Å². The predicted octanol–water partition coefficient (Wildman–Crippen LogP) is 2.81. The van der Waals surface area contributed by atoms with Crippen molar-refractivity contribution in [2.75, 3.05) is 11.9 Å². The first kappa shape index (κ1) is 11.9. The third-order valence-electron chi connectivity index (χ3n) is 2.56. The molecule has 0 fully saturated rings. The van der Waals surface area contributed by atoms with Gasteiger partial charge in [-0.25, -0.2) is 9.59 Å². The van der Waals surface area contributed by atoms with Crippen molar-refractivity contribution in [2.45, 2.75) is 13.3 Å². The predicted molar refractivity (Wildman–Crippen MR) is 66.8 cm³/mol. The molecule has 0 aromatic heterocycles. The molecule has 0 saturated carbocycles. The molecule has 17 heavy (non-hydrogen) atoms. The van der Waals surface area contributed by atoms with Crippen molar-refractivity contribution < 1.29 is 9.59 Å². The minimum absolute atomic E-state index is 0.452. The number of fused-ring (bicyclic) bond motifs is 1. The number of urea groups is 2. The SMILES string of the molecule is CCCNC(=O)[N@+]1(Cl)C(=O)Nc2ccccc21. The number of nitrogens with zero attached hydrogens (tertiary/aromatic N) is 1. The van der Waals surface area contributed by atoms with Crippen LogP contribution in [0.3, 0.4) is 0 Å². The molecule has 0 spiro atoms. The Labute approximate surface area is 104 Å². The summed E-state index contributed by atoms with van der Waals surface area (Å²) in [6.45, 7) is 2.41. The lowest BCUT2D eigenvalue weighted by molar-refractivity contribution is 0.217. The number of anilines is 1. The summed E-state index contributed by atoms with van der Waals surface area (Å²) < 4.78 is -0.893. The Hall–Kier alpha value is -1.59. The van der Waals surface area contributed by atoms with E-state index in [4.69, 9.17) is 11.8 Å². The molecule has 2 N–H and O–H groups in total. The molecule has 6 heteroatoms. The van der Waals surface area contributed by atoms with Gasteiger partial charge in [0.2, 0.25) is 0 Å². The fourth-order valence-electron chi connectivity index (χ4n) is 1.69. The zero-order valence-electron chi connectivity index (χ0n) is 9.37. The van der Waals surface area contributed by atoms with E-state index in [1.54, 1.807) is 24.3 Å². The van der Waals surface area contributed by atoms with Crippen LogP contribution in [0.15, 0.2) is 24.3 Å². The second-order valence-corrected chi connectivity index (χ2v) is 4.28. The maximum Gasteiger partial charge on any atom is 0.453 e. The number of carbonyl (C=O) groups excluding carboxylic acids is 2. The van der Waals surface area contributed by atoms with Crippen LogP contribution in [-0.2, 0) is 0 Å². The van der Waals surface area contributed by atoms with E-state index in [9.17, 15) is 9.59 Å². The minimum atomic E-state index is -0.893. The molecule has 1 aliphatic heterocycles. The highest BCUT2D eigenvalue weighted by molar-refractivity contribution is 6.45. The van der Waals surface area contributed by atoms with Crippen molar-refractivity contribution >= 4 is 35.2 Å². The molecular formula is C11H13ClN3O2+. The maximum atomic E-state index is 12.0. The van der Waals surface area contributed by atoms with Crippen molar-refractivity contribution in [3.63, 3.8) is 0 Å². The summed E-state index contributed by atoms with van der Waals surface area (Å²) in [6, 6.07) is 5.79. The van der Waals surface area contributed by atoms with Gasteiger partial charge < -0.3 is 5.32 Å². The van der Waals surface area contributed by atoms with Gasteiger partial charge in [0.25, 0.3) is 0 Å². The van der Waals surface area contributed by atoms with E-state index < -0.39 is 16.1 Å². The Balaban J connectivity index is 2.36. The summed E-state index contributed by atoms with van der Waals surface area (Å²) in [4.78, 5) is 23.8. The van der Waals surface area contributed by atoms with Crippen molar-refractivity contribution in [1.82, 2.24) is 9.32 Å². The Morgan fingerprint density at radius 1 is 1.47 bits per heavy atom. The highest BCUT2D eigenvalue weighted by atomic mass is 35.5. The highest BCUT2D eigenvalue weighted by Gasteiger charge is 2.54. The number of halogens is 1. The summed E-state index contributed by atoms with van der Waals surface area (Å²) >= 11 is 6.15. The molecular weight excluding hydrogens is 242 g/mol. The van der Waals surface area contributed by atoms with Gasteiger partial charge in [0.05, 0.1) is 0 Å². The van der Waals surface area contributed by atoms with Gasteiger partial charge in [-0.15, -0.1) is 0 Å². The highest BCUT2D eigenvalue weighted by Crippen LogP contribution is 2.40. The number of rotatable bonds is 2. The number of nitrogens with one attached hydrogen (secondary N) is 2. The van der Waals surface area contributed by atoms with Crippen molar-refractivity contribution in [1.29, 1.82) is 0 Å². The summed E-state index contributed by atoms with van der Waals surface area (Å²) in [5, 5.41) is 5.21. The fourth-order valence-corrected chi connectivity index (χ4v) is 1.94. The van der Waals surface area contributed by atoms with Gasteiger partial charge >= 0.3 is 12.1 Å². The van der Waals surface area contributed by atoms with Gasteiger partial charge in [-0.1, -0.05) is 19.1 Å². The van der Waals surface area contributed by atoms with Gasteiger partial charge in [-0.2, -0.15) is 0 Å². The second-order valence-electron chi connectivity index (χ2n) is 3.77. The van der Waals surface area contributed by atoms with E-state index in [1.807, 2.05) is 6.92 Å². The number of amides is 4. The van der Waals surface area contributed by atoms with Crippen LogP contribution < -0.4 is 14.6 Å². The second kappa shape index (κ2) is 4.35. The normalized spacial score (nSPS) is 21.9. The number of para-hydroxylation sites is 2. The monoisotopic (exact) mass is 254 g/mol. The smallest absolute Gasteiger partial charge is 0.303 e. The van der Waals surface area contributed by atoms with E-state index in [0.717, 1.165) is 6.42 Å². The molecule has 0 radical (unpaired) electrons. The van der Waals surface area contributed by atoms with Gasteiger partial charge in [0.15, 0.2) is 17.5 Å². The van der Waals surface area contributed by atoms with Crippen LogP contribution in [-0.4, -0.2) is 18.6 Å². The molecule has 1 aliphatic rings. The third kappa shape index (κ3) is 1.77. The lowest BCUT2D eigenvalue weighted by Crippen LogP contribution is -2.54. The summed E-state index contributed by atoms with van der Waals surface area (Å²) in [5.74, 6) is 0. The molecule has 0 aliphatic carbocycles. The number of hydrogen-bond donors (Lipinski definition) is 2. The van der Waals surface area contributed by atoms with Crippen LogP contribution in [0, 0.1) is 0 Å². The molecule has 1 aromatic rings. The van der Waals surface area contributed by atoms with Crippen LogP contribution in [0.5, 0.6) is 0 Å². The van der Waals surface area contributed by atoms with Crippen molar-refractivity contribution in [3.05, 3.63) is 24.3 Å². The van der Waals surface area contributed by atoms with Gasteiger partial charge in [-0.05, 0) is 16.5 Å². The van der Waals surface area contributed by atoms with Crippen LogP contribution in [0.1, 0.15) is 13.3 Å². The molecule has 1 atom stereocenters. The topological polar surface area (TPSA) is 58.2 Å². The number of carbonyl (C=O) groups is 2. The standard InChI is InChI=1S/C11H12ClN3O2/c1-2-7-13-10(16)15(12)9-6-4-3-5-8(9)14-11(15)17/h3-6H,2,7H2,1H3,(H-,13,14,16,17)/p+1/t15-/m0/s1. The maximum absolute atomic E-state index is 12.0. The van der Waals surface area contributed by atoms with Gasteiger partial charge in [0.1, 0.15) is 5.69 Å². The van der Waals surface area contributed by atoms with E-state index in [2.05, 4.69) is 10.6 Å². The molecule has 2 rings (SSSR count). The van der Waals surface area contributed by atoms with Crippen LogP contribution >= 0.6 is 11.8 Å². The lowest BCUT2D eigenvalue weighted by Gasteiger charge is -2.16. The first-order valence-electron chi connectivity index (χ1n) is 5.39. The molecule has 0 saturated heterocycles. The summed E-state index contributed by atoms with van der Waals surface area (Å²) in [5.41, 5.74) is 1.02. The first-order valence-corrected chi connectivity index (χ1v) is 5.72. The minimum Gasteiger partial charge on any atom is -0.303 e. The quantitative estimate of drug-likeness (QED) is 0.798. The zero-order chi connectivity index (χ0) is 12.5. The van der Waals surface area contributed by atoms with E-state index in [0.29, 0.717) is 17.9 Å². The molecule has 0 bridgehead atoms. The molecule has 4 amide bonds. The Bertz CT molecular complexity index is 478. The largest absolute Gasteiger partial charge is 0.453 e. The molecule has 5 nitrogen and oxygen atoms in total. The lowest BCUT2D eigenvalue weighted by atomic mass is 10.3. The van der Waals surface area contributed by atoms with Gasteiger partial charge in [-0.3, -0.25) is 5.32 Å². The average Bonchev–Trinajstić information content (AvgIpc) is 2.60. The number of benzene rings is 1. The molecule has 1 heterocycles. The molecule has 1 aromatic carbocycles. The molecule has 0 unspecified atom stereocenters. The Kier molecular flexibility index (Phi) is 3.04. The van der Waals surface area contributed by atoms with Crippen LogP contribution in [0.25, 0.3) is 0 Å². The van der Waals surface area contributed by atoms with Crippen molar-refractivity contribution in [3.8, 4) is 0 Å². The van der Waals surface area contributed by atoms with E-state index in [-0.39, 0.29) is 0 Å². The Morgan fingerprint density at radius 3 is 2.88 bits per heavy atom. The summed E-state index contributed by atoms with van der Waals surface area (Å²) in [7, 11) is 0.